The van der Waals surface area contributed by atoms with E-state index in [1.54, 1.807) is 0 Å². The lowest BCUT2D eigenvalue weighted by Crippen LogP contribution is -2.29. The monoisotopic (exact) mass is 281 g/mol. The predicted molar refractivity (Wildman–Crippen MR) is 86.4 cm³/mol. The molecular formula is C19H23NO. The largest absolute Gasteiger partial charge is 0.372 e. The molecule has 0 aromatic heterocycles. The lowest BCUT2D eigenvalue weighted by molar-refractivity contribution is 0.0410. The summed E-state index contributed by atoms with van der Waals surface area (Å²) in [7, 11) is 0. The molecule has 0 saturated carbocycles. The molecule has 1 N–H and O–H groups in total. The highest BCUT2D eigenvalue weighted by atomic mass is 16.5. The van der Waals surface area contributed by atoms with Crippen LogP contribution in [-0.2, 0) is 11.2 Å². The SMILES string of the molecule is Cc1ccc(C(C)NCC2OCCc3ccccc32)cc1. The maximum Gasteiger partial charge on any atom is 0.0952 e. The van der Waals surface area contributed by atoms with Gasteiger partial charge in [0.15, 0.2) is 0 Å². The molecule has 1 heterocycles. The number of rotatable bonds is 4. The average Bonchev–Trinajstić information content (AvgIpc) is 2.53. The number of fused-ring (bicyclic) bond motifs is 1. The first-order valence-corrected chi connectivity index (χ1v) is 7.73. The van der Waals surface area contributed by atoms with Crippen LogP contribution in [0, 0.1) is 6.92 Å². The van der Waals surface area contributed by atoms with Crippen molar-refractivity contribution in [2.75, 3.05) is 13.2 Å². The van der Waals surface area contributed by atoms with Crippen molar-refractivity contribution in [1.82, 2.24) is 5.32 Å². The molecular weight excluding hydrogens is 258 g/mol. The summed E-state index contributed by atoms with van der Waals surface area (Å²) in [5.41, 5.74) is 5.39. The maximum absolute atomic E-state index is 5.95. The van der Waals surface area contributed by atoms with Crippen molar-refractivity contribution in [3.05, 3.63) is 70.8 Å². The molecule has 0 spiro atoms. The van der Waals surface area contributed by atoms with Crippen LogP contribution in [0.3, 0.4) is 0 Å². The van der Waals surface area contributed by atoms with E-state index < -0.39 is 0 Å². The summed E-state index contributed by atoms with van der Waals surface area (Å²) in [5, 5.41) is 3.60. The summed E-state index contributed by atoms with van der Waals surface area (Å²) in [5.74, 6) is 0. The highest BCUT2D eigenvalue weighted by Crippen LogP contribution is 2.27. The van der Waals surface area contributed by atoms with Crippen LogP contribution in [0.4, 0.5) is 0 Å². The smallest absolute Gasteiger partial charge is 0.0952 e. The minimum atomic E-state index is 0.169. The molecule has 110 valence electrons. The third-order valence-corrected chi connectivity index (χ3v) is 4.28. The van der Waals surface area contributed by atoms with Crippen LogP contribution >= 0.6 is 0 Å². The lowest BCUT2D eigenvalue weighted by Gasteiger charge is -2.27. The molecule has 2 atom stereocenters. The van der Waals surface area contributed by atoms with Crippen LogP contribution in [-0.4, -0.2) is 13.2 Å². The number of benzene rings is 2. The number of nitrogens with one attached hydrogen (secondary N) is 1. The van der Waals surface area contributed by atoms with Gasteiger partial charge in [-0.25, -0.2) is 0 Å². The average molecular weight is 281 g/mol. The van der Waals surface area contributed by atoms with Gasteiger partial charge in [-0.05, 0) is 37.0 Å². The van der Waals surface area contributed by atoms with Gasteiger partial charge in [0.2, 0.25) is 0 Å². The number of hydrogen-bond acceptors (Lipinski definition) is 2. The zero-order chi connectivity index (χ0) is 14.7. The van der Waals surface area contributed by atoms with Crippen molar-refractivity contribution in [3.8, 4) is 0 Å². The highest BCUT2D eigenvalue weighted by molar-refractivity contribution is 5.31. The molecule has 0 radical (unpaired) electrons. The second-order valence-electron chi connectivity index (χ2n) is 5.85. The molecule has 2 unspecified atom stereocenters. The fourth-order valence-electron chi connectivity index (χ4n) is 2.90. The van der Waals surface area contributed by atoms with Crippen molar-refractivity contribution < 1.29 is 4.74 Å². The van der Waals surface area contributed by atoms with Gasteiger partial charge in [-0.15, -0.1) is 0 Å². The van der Waals surface area contributed by atoms with Gasteiger partial charge in [0.05, 0.1) is 12.7 Å². The Morgan fingerprint density at radius 1 is 1.14 bits per heavy atom. The second kappa shape index (κ2) is 6.42. The first kappa shape index (κ1) is 14.3. The van der Waals surface area contributed by atoms with Crippen LogP contribution < -0.4 is 5.32 Å². The third kappa shape index (κ3) is 3.34. The van der Waals surface area contributed by atoms with E-state index >= 15 is 0 Å². The van der Waals surface area contributed by atoms with E-state index in [1.807, 2.05) is 0 Å². The van der Waals surface area contributed by atoms with Gasteiger partial charge in [0, 0.05) is 12.6 Å². The topological polar surface area (TPSA) is 21.3 Å². The van der Waals surface area contributed by atoms with Gasteiger partial charge in [0.25, 0.3) is 0 Å². The Kier molecular flexibility index (Phi) is 4.37. The van der Waals surface area contributed by atoms with Crippen molar-refractivity contribution in [1.29, 1.82) is 0 Å². The summed E-state index contributed by atoms with van der Waals surface area (Å²) in [6.45, 7) is 6.00. The Bertz CT molecular complexity index is 591. The van der Waals surface area contributed by atoms with Crippen LogP contribution in [0.1, 0.15) is 41.3 Å². The Hall–Kier alpha value is -1.64. The quantitative estimate of drug-likeness (QED) is 0.916. The van der Waals surface area contributed by atoms with E-state index in [-0.39, 0.29) is 6.10 Å². The van der Waals surface area contributed by atoms with Gasteiger partial charge in [-0.3, -0.25) is 0 Å². The molecule has 0 amide bonds. The van der Waals surface area contributed by atoms with Gasteiger partial charge in [-0.2, -0.15) is 0 Å². The van der Waals surface area contributed by atoms with Crippen molar-refractivity contribution in [2.24, 2.45) is 0 Å². The minimum Gasteiger partial charge on any atom is -0.372 e. The number of ether oxygens (including phenoxy) is 1. The molecule has 1 aliphatic heterocycles. The summed E-state index contributed by atoms with van der Waals surface area (Å²) in [4.78, 5) is 0. The van der Waals surface area contributed by atoms with Crippen LogP contribution in [0.5, 0.6) is 0 Å². The first-order chi connectivity index (χ1) is 10.2. The first-order valence-electron chi connectivity index (χ1n) is 7.73. The Labute approximate surface area is 127 Å². The molecule has 2 aromatic rings. The van der Waals surface area contributed by atoms with Gasteiger partial charge < -0.3 is 10.1 Å². The highest BCUT2D eigenvalue weighted by Gasteiger charge is 2.20. The van der Waals surface area contributed by atoms with E-state index in [4.69, 9.17) is 4.74 Å². The van der Waals surface area contributed by atoms with Gasteiger partial charge in [-0.1, -0.05) is 54.1 Å². The molecule has 0 saturated heterocycles. The molecule has 1 aliphatic rings. The molecule has 2 aromatic carbocycles. The summed E-state index contributed by atoms with van der Waals surface area (Å²) < 4.78 is 5.95. The van der Waals surface area contributed by atoms with Crippen LogP contribution in [0.15, 0.2) is 48.5 Å². The second-order valence-corrected chi connectivity index (χ2v) is 5.85. The Morgan fingerprint density at radius 2 is 1.90 bits per heavy atom. The summed E-state index contributed by atoms with van der Waals surface area (Å²) in [6.07, 6.45) is 1.20. The lowest BCUT2D eigenvalue weighted by atomic mass is 9.97. The van der Waals surface area contributed by atoms with Crippen molar-refractivity contribution >= 4 is 0 Å². The fourth-order valence-corrected chi connectivity index (χ4v) is 2.90. The van der Waals surface area contributed by atoms with Gasteiger partial charge in [0.1, 0.15) is 0 Å². The number of aryl methyl sites for hydroxylation is 1. The van der Waals surface area contributed by atoms with E-state index in [2.05, 4.69) is 67.7 Å². The predicted octanol–water partition coefficient (Wildman–Crippen LogP) is 3.96. The third-order valence-electron chi connectivity index (χ3n) is 4.28. The van der Waals surface area contributed by atoms with Crippen LogP contribution in [0.25, 0.3) is 0 Å². The Morgan fingerprint density at radius 3 is 2.71 bits per heavy atom. The van der Waals surface area contributed by atoms with E-state index in [1.165, 1.54) is 22.3 Å². The summed E-state index contributed by atoms with van der Waals surface area (Å²) >= 11 is 0. The molecule has 21 heavy (non-hydrogen) atoms. The molecule has 0 bridgehead atoms. The maximum atomic E-state index is 5.95. The molecule has 2 nitrogen and oxygen atoms in total. The molecule has 2 heteroatoms. The van der Waals surface area contributed by atoms with Crippen LogP contribution in [0.2, 0.25) is 0 Å². The summed E-state index contributed by atoms with van der Waals surface area (Å²) in [6, 6.07) is 17.7. The van der Waals surface area contributed by atoms with Gasteiger partial charge >= 0.3 is 0 Å². The van der Waals surface area contributed by atoms with E-state index in [0.29, 0.717) is 6.04 Å². The standard InChI is InChI=1S/C19H23NO/c1-14-7-9-16(10-8-14)15(2)20-13-19-18-6-4-3-5-17(18)11-12-21-19/h3-10,15,19-20H,11-13H2,1-2H3. The molecule has 0 fully saturated rings. The zero-order valence-corrected chi connectivity index (χ0v) is 12.8. The van der Waals surface area contributed by atoms with E-state index in [0.717, 1.165) is 19.6 Å². The molecule has 3 rings (SSSR count). The molecule has 0 aliphatic carbocycles. The minimum absolute atomic E-state index is 0.169. The zero-order valence-electron chi connectivity index (χ0n) is 12.8. The van der Waals surface area contributed by atoms with Crippen molar-refractivity contribution in [2.45, 2.75) is 32.4 Å². The number of hydrogen-bond donors (Lipinski definition) is 1. The Balaban J connectivity index is 1.64. The van der Waals surface area contributed by atoms with E-state index in [9.17, 15) is 0 Å². The normalized spacial score (nSPS) is 19.0. The van der Waals surface area contributed by atoms with Crippen molar-refractivity contribution in [3.63, 3.8) is 0 Å². The fraction of sp³-hybridized carbons (Fsp3) is 0.368.